The van der Waals surface area contributed by atoms with E-state index < -0.39 is 28.0 Å². The molecule has 0 spiro atoms. The molecule has 0 unspecified atom stereocenters. The first-order valence-corrected chi connectivity index (χ1v) is 11.9. The average Bonchev–Trinajstić information content (AvgIpc) is 2.79. The van der Waals surface area contributed by atoms with E-state index in [2.05, 4.69) is 10.0 Å². The van der Waals surface area contributed by atoms with Crippen LogP contribution in [-0.2, 0) is 21.2 Å². The van der Waals surface area contributed by atoms with Gasteiger partial charge in [0.15, 0.2) is 0 Å². The van der Waals surface area contributed by atoms with Crippen molar-refractivity contribution in [3.63, 3.8) is 0 Å². The van der Waals surface area contributed by atoms with Crippen molar-refractivity contribution < 1.29 is 22.3 Å². The van der Waals surface area contributed by atoms with Gasteiger partial charge in [0.05, 0.1) is 18.0 Å². The molecule has 3 rings (SSSR count). The van der Waals surface area contributed by atoms with Gasteiger partial charge in [-0.05, 0) is 67.3 Å². The average molecular weight is 471 g/mol. The summed E-state index contributed by atoms with van der Waals surface area (Å²) < 4.78 is 47.2. The second-order valence-corrected chi connectivity index (χ2v) is 9.49. The number of rotatable bonds is 9. The monoisotopic (exact) mass is 470 g/mol. The van der Waals surface area contributed by atoms with Crippen LogP contribution in [0, 0.1) is 12.7 Å². The Morgan fingerprint density at radius 1 is 1.03 bits per heavy atom. The molecule has 174 valence electrons. The maximum Gasteiger partial charge on any atom is 0.241 e. The van der Waals surface area contributed by atoms with Crippen molar-refractivity contribution in [2.24, 2.45) is 0 Å². The molecule has 0 fully saturated rings. The number of hydrogen-bond acceptors (Lipinski definition) is 4. The summed E-state index contributed by atoms with van der Waals surface area (Å²) in [5, 5.41) is 2.83. The van der Waals surface area contributed by atoms with Crippen LogP contribution in [0.5, 0.6) is 5.75 Å². The number of sulfonamides is 1. The highest BCUT2D eigenvalue weighted by Gasteiger charge is 2.27. The zero-order valence-corrected chi connectivity index (χ0v) is 19.5. The first kappa shape index (κ1) is 24.4. The van der Waals surface area contributed by atoms with E-state index in [1.807, 2.05) is 30.3 Å². The first-order chi connectivity index (χ1) is 15.7. The molecule has 0 saturated carbocycles. The van der Waals surface area contributed by atoms with Gasteiger partial charge >= 0.3 is 0 Å². The largest absolute Gasteiger partial charge is 0.496 e. The molecule has 0 saturated heterocycles. The van der Waals surface area contributed by atoms with Crippen LogP contribution < -0.4 is 14.8 Å². The van der Waals surface area contributed by atoms with E-state index in [4.69, 9.17) is 4.74 Å². The molecule has 8 heteroatoms. The second kappa shape index (κ2) is 10.6. The Labute approximate surface area is 193 Å². The number of aryl methyl sites for hydroxylation is 1. The van der Waals surface area contributed by atoms with E-state index in [1.165, 1.54) is 31.4 Å². The third-order valence-electron chi connectivity index (χ3n) is 5.30. The predicted octanol–water partition coefficient (Wildman–Crippen LogP) is 3.91. The fourth-order valence-corrected chi connectivity index (χ4v) is 4.74. The minimum atomic E-state index is -3.99. The smallest absolute Gasteiger partial charge is 0.241 e. The van der Waals surface area contributed by atoms with Gasteiger partial charge in [-0.3, -0.25) is 4.79 Å². The summed E-state index contributed by atoms with van der Waals surface area (Å²) in [5.74, 6) is -0.285. The van der Waals surface area contributed by atoms with Crippen LogP contribution >= 0.6 is 0 Å². The first-order valence-electron chi connectivity index (χ1n) is 10.5. The quantitative estimate of drug-likeness (QED) is 0.497. The van der Waals surface area contributed by atoms with Crippen LogP contribution in [0.4, 0.5) is 4.39 Å². The number of carbonyl (C=O) groups is 1. The molecule has 0 radical (unpaired) electrons. The summed E-state index contributed by atoms with van der Waals surface area (Å²) in [4.78, 5) is 13.2. The van der Waals surface area contributed by atoms with Crippen LogP contribution in [0.25, 0.3) is 0 Å². The van der Waals surface area contributed by atoms with E-state index in [1.54, 1.807) is 32.0 Å². The lowest BCUT2D eigenvalue weighted by molar-refractivity contribution is -0.123. The van der Waals surface area contributed by atoms with Gasteiger partial charge in [-0.1, -0.05) is 42.5 Å². The summed E-state index contributed by atoms with van der Waals surface area (Å²) in [7, 11) is -2.48. The Balaban J connectivity index is 1.84. The minimum absolute atomic E-state index is 0.0400. The molecular formula is C25H27FN2O4S. The molecule has 0 aliphatic rings. The van der Waals surface area contributed by atoms with Crippen molar-refractivity contribution in [3.8, 4) is 5.75 Å². The van der Waals surface area contributed by atoms with Crippen LogP contribution in [0.15, 0.2) is 77.7 Å². The van der Waals surface area contributed by atoms with Crippen molar-refractivity contribution in [2.75, 3.05) is 7.11 Å². The van der Waals surface area contributed by atoms with Gasteiger partial charge in [-0.15, -0.1) is 0 Å². The lowest BCUT2D eigenvalue weighted by Crippen LogP contribution is -2.48. The number of ether oxygens (including phenoxy) is 1. The molecule has 0 bridgehead atoms. The summed E-state index contributed by atoms with van der Waals surface area (Å²) >= 11 is 0. The number of hydrogen-bond donors (Lipinski definition) is 2. The summed E-state index contributed by atoms with van der Waals surface area (Å²) in [5.41, 5.74) is 2.17. The highest BCUT2D eigenvalue weighted by atomic mass is 32.2. The van der Waals surface area contributed by atoms with E-state index >= 15 is 0 Å². The summed E-state index contributed by atoms with van der Waals surface area (Å²) in [6, 6.07) is 18.0. The number of nitrogens with one attached hydrogen (secondary N) is 2. The van der Waals surface area contributed by atoms with Gasteiger partial charge in [0.2, 0.25) is 15.9 Å². The molecule has 0 aliphatic heterocycles. The normalized spacial score (nSPS) is 13.2. The van der Waals surface area contributed by atoms with Gasteiger partial charge in [-0.25, -0.2) is 12.8 Å². The molecule has 3 aromatic carbocycles. The Morgan fingerprint density at radius 2 is 1.70 bits per heavy atom. The Morgan fingerprint density at radius 3 is 2.30 bits per heavy atom. The highest BCUT2D eigenvalue weighted by Crippen LogP contribution is 2.22. The minimum Gasteiger partial charge on any atom is -0.496 e. The standard InChI is InChI=1S/C25H27FN2O4S/c1-17-15-22(13-14-24(17)32-3)33(30,31)28-23(16-19-7-5-4-6-8-19)25(29)27-18(2)20-9-11-21(26)12-10-20/h4-15,18,23,28H,16H2,1-3H3,(H,27,29)/t18-,23+/m0/s1. The second-order valence-electron chi connectivity index (χ2n) is 7.78. The number of carbonyl (C=O) groups excluding carboxylic acids is 1. The molecule has 1 amide bonds. The molecule has 2 atom stereocenters. The van der Waals surface area contributed by atoms with Gasteiger partial charge in [0.1, 0.15) is 17.6 Å². The molecule has 0 aromatic heterocycles. The van der Waals surface area contributed by atoms with Crippen LogP contribution in [0.1, 0.15) is 29.7 Å². The topological polar surface area (TPSA) is 84.5 Å². The SMILES string of the molecule is COc1ccc(S(=O)(=O)N[C@H](Cc2ccccc2)C(=O)N[C@@H](C)c2ccc(F)cc2)cc1C. The number of benzene rings is 3. The van der Waals surface area contributed by atoms with Gasteiger partial charge in [0.25, 0.3) is 0 Å². The fraction of sp³-hybridized carbons (Fsp3) is 0.240. The molecule has 6 nitrogen and oxygen atoms in total. The van der Waals surface area contributed by atoms with Crippen molar-refractivity contribution in [1.29, 1.82) is 0 Å². The maximum absolute atomic E-state index is 13.2. The van der Waals surface area contributed by atoms with E-state index in [9.17, 15) is 17.6 Å². The molecule has 0 heterocycles. The molecule has 3 aromatic rings. The van der Waals surface area contributed by atoms with Crippen molar-refractivity contribution in [3.05, 3.63) is 95.3 Å². The molecular weight excluding hydrogens is 443 g/mol. The van der Waals surface area contributed by atoms with Gasteiger partial charge in [0, 0.05) is 0 Å². The summed E-state index contributed by atoms with van der Waals surface area (Å²) in [6.07, 6.45) is 0.164. The fourth-order valence-electron chi connectivity index (χ4n) is 3.46. The van der Waals surface area contributed by atoms with E-state index in [0.29, 0.717) is 16.9 Å². The van der Waals surface area contributed by atoms with Crippen molar-refractivity contribution in [2.45, 2.75) is 37.2 Å². The maximum atomic E-state index is 13.2. The molecule has 2 N–H and O–H groups in total. The van der Waals surface area contributed by atoms with Crippen LogP contribution in [0.2, 0.25) is 0 Å². The van der Waals surface area contributed by atoms with Gasteiger partial charge in [-0.2, -0.15) is 4.72 Å². The predicted molar refractivity (Wildman–Crippen MR) is 125 cm³/mol. The third-order valence-corrected chi connectivity index (χ3v) is 6.77. The highest BCUT2D eigenvalue weighted by molar-refractivity contribution is 7.89. The molecule has 0 aliphatic carbocycles. The Kier molecular flexibility index (Phi) is 7.84. The lowest BCUT2D eigenvalue weighted by Gasteiger charge is -2.22. The van der Waals surface area contributed by atoms with Crippen molar-refractivity contribution in [1.82, 2.24) is 10.0 Å². The van der Waals surface area contributed by atoms with Crippen molar-refractivity contribution >= 4 is 15.9 Å². The zero-order valence-electron chi connectivity index (χ0n) is 18.7. The van der Waals surface area contributed by atoms with Gasteiger partial charge < -0.3 is 10.1 Å². The van der Waals surface area contributed by atoms with E-state index in [-0.39, 0.29) is 17.1 Å². The summed E-state index contributed by atoms with van der Waals surface area (Å²) in [6.45, 7) is 3.50. The number of halogens is 1. The van der Waals surface area contributed by atoms with Crippen LogP contribution in [-0.4, -0.2) is 27.5 Å². The van der Waals surface area contributed by atoms with Crippen LogP contribution in [0.3, 0.4) is 0 Å². The number of methoxy groups -OCH3 is 1. The molecule has 33 heavy (non-hydrogen) atoms. The lowest BCUT2D eigenvalue weighted by atomic mass is 10.0. The third kappa shape index (κ3) is 6.40. The number of amides is 1. The Hall–Kier alpha value is -3.23. The zero-order chi connectivity index (χ0) is 24.0. The van der Waals surface area contributed by atoms with E-state index in [0.717, 1.165) is 5.56 Å². The Bertz CT molecular complexity index is 1200.